The number of carboxylic acids is 1. The minimum Gasteiger partial charge on any atom is -0.481 e. The van der Waals surface area contributed by atoms with Crippen LogP contribution in [-0.4, -0.2) is 59.7 Å². The summed E-state index contributed by atoms with van der Waals surface area (Å²) in [7, 11) is 0. The first-order chi connectivity index (χ1) is 12.0. The lowest BCUT2D eigenvalue weighted by atomic mass is 10.1. The molecule has 1 N–H and O–H groups in total. The fraction of sp³-hybridized carbons (Fsp3) is 0.647. The highest BCUT2D eigenvalue weighted by Gasteiger charge is 2.56. The van der Waals surface area contributed by atoms with Crippen LogP contribution >= 0.6 is 11.8 Å². The number of anilines is 2. The lowest BCUT2D eigenvalue weighted by Gasteiger charge is -2.41. The number of fused-ring (bicyclic) bond motifs is 1. The summed E-state index contributed by atoms with van der Waals surface area (Å²) >= 11 is 1.61. The molecule has 2 aliphatic heterocycles. The quantitative estimate of drug-likeness (QED) is 0.615. The molecule has 0 unspecified atom stereocenters. The third kappa shape index (κ3) is 2.76. The zero-order valence-electron chi connectivity index (χ0n) is 14.6. The van der Waals surface area contributed by atoms with Crippen molar-refractivity contribution in [3.63, 3.8) is 0 Å². The van der Waals surface area contributed by atoms with Gasteiger partial charge in [-0.05, 0) is 44.1 Å². The van der Waals surface area contributed by atoms with E-state index in [9.17, 15) is 4.79 Å². The molecule has 1 aromatic heterocycles. The Hall–Kier alpha value is -1.83. The van der Waals surface area contributed by atoms with Crippen LogP contribution in [0.1, 0.15) is 19.8 Å². The number of carbonyl (C=O) groups is 1. The minimum absolute atomic E-state index is 0.283. The molecule has 25 heavy (non-hydrogen) atoms. The van der Waals surface area contributed by atoms with E-state index in [-0.39, 0.29) is 6.42 Å². The van der Waals surface area contributed by atoms with Crippen molar-refractivity contribution < 1.29 is 9.90 Å². The van der Waals surface area contributed by atoms with Crippen molar-refractivity contribution in [1.82, 2.24) is 9.97 Å². The number of aliphatic imine (C=N–C) groups is 1. The molecule has 3 aliphatic rings. The van der Waals surface area contributed by atoms with Crippen molar-refractivity contribution >= 4 is 42.0 Å². The smallest absolute Gasteiger partial charge is 0.303 e. The number of nitrogens with zero attached hydrogens (tertiary/aromatic N) is 5. The van der Waals surface area contributed by atoms with Gasteiger partial charge in [-0.25, -0.2) is 4.99 Å². The number of aliphatic carboxylic acids is 1. The fourth-order valence-corrected chi connectivity index (χ4v) is 4.83. The molecule has 1 saturated carbocycles. The summed E-state index contributed by atoms with van der Waals surface area (Å²) in [6.07, 6.45) is 3.47. The van der Waals surface area contributed by atoms with Crippen LogP contribution in [0.3, 0.4) is 0 Å². The van der Waals surface area contributed by atoms with Crippen LogP contribution < -0.4 is 9.80 Å². The molecule has 2 saturated heterocycles. The van der Waals surface area contributed by atoms with E-state index in [1.807, 2.05) is 6.26 Å². The zero-order valence-corrected chi connectivity index (χ0v) is 15.4. The number of thioether (sulfide) groups is 1. The topological polar surface area (TPSA) is 81.9 Å². The van der Waals surface area contributed by atoms with Crippen LogP contribution in [-0.2, 0) is 4.79 Å². The van der Waals surface area contributed by atoms with E-state index in [0.717, 1.165) is 30.3 Å². The van der Waals surface area contributed by atoms with Crippen LogP contribution in [0.5, 0.6) is 0 Å². The SMILES string of the molecule is C=Nc1nc(N2C[C@@H]3[C@@H](CC(=O)O)[C@@H]3C2)nc(N2CC[C@@H]2C)c1SC. The molecule has 134 valence electrons. The number of carboxylic acid groups (broad SMARTS) is 1. The molecular weight excluding hydrogens is 338 g/mol. The Morgan fingerprint density at radius 1 is 1.40 bits per heavy atom. The average Bonchev–Trinajstić information content (AvgIpc) is 3.02. The predicted molar refractivity (Wildman–Crippen MR) is 99.4 cm³/mol. The standard InChI is InChI=1S/C17H23N5O2S/c1-9-4-5-22(9)16-14(25-3)15(18-2)19-17(20-16)21-7-11-10(6-13(23)24)12(11)8-21/h9-12H,2,4-8H2,1,3H3,(H,23,24)/t9-,10-,11-,12+/m0/s1. The van der Waals surface area contributed by atoms with Crippen LogP contribution in [0.4, 0.5) is 17.6 Å². The molecular formula is C17H23N5O2S. The first kappa shape index (κ1) is 16.6. The fourth-order valence-electron chi connectivity index (χ4n) is 4.19. The van der Waals surface area contributed by atoms with Gasteiger partial charge in [0.05, 0.1) is 4.90 Å². The van der Waals surface area contributed by atoms with Crippen LogP contribution in [0.25, 0.3) is 0 Å². The third-order valence-corrected chi connectivity index (χ3v) is 6.60. The van der Waals surface area contributed by atoms with E-state index in [2.05, 4.69) is 33.4 Å². The van der Waals surface area contributed by atoms with E-state index in [4.69, 9.17) is 10.1 Å². The van der Waals surface area contributed by atoms with E-state index in [1.165, 1.54) is 6.42 Å². The summed E-state index contributed by atoms with van der Waals surface area (Å²) in [4.78, 5) is 30.0. The molecule has 1 aromatic rings. The number of piperidine rings is 1. The lowest BCUT2D eigenvalue weighted by molar-refractivity contribution is -0.137. The van der Waals surface area contributed by atoms with Gasteiger partial charge < -0.3 is 14.9 Å². The Morgan fingerprint density at radius 2 is 2.12 bits per heavy atom. The molecule has 7 nitrogen and oxygen atoms in total. The molecule has 3 heterocycles. The number of hydrogen-bond donors (Lipinski definition) is 1. The summed E-state index contributed by atoms with van der Waals surface area (Å²) in [5.41, 5.74) is 0. The van der Waals surface area contributed by atoms with Crippen molar-refractivity contribution in [2.45, 2.75) is 30.7 Å². The van der Waals surface area contributed by atoms with Gasteiger partial charge in [0.25, 0.3) is 0 Å². The Bertz CT molecular complexity index is 715. The first-order valence-electron chi connectivity index (χ1n) is 8.69. The van der Waals surface area contributed by atoms with Crippen molar-refractivity contribution in [2.75, 3.05) is 35.7 Å². The van der Waals surface area contributed by atoms with Gasteiger partial charge in [-0.2, -0.15) is 9.97 Å². The summed E-state index contributed by atoms with van der Waals surface area (Å²) in [6.45, 7) is 8.58. The maximum absolute atomic E-state index is 10.9. The number of hydrogen-bond acceptors (Lipinski definition) is 7. The maximum Gasteiger partial charge on any atom is 0.303 e. The van der Waals surface area contributed by atoms with Gasteiger partial charge in [-0.3, -0.25) is 4.79 Å². The molecule has 0 radical (unpaired) electrons. The van der Waals surface area contributed by atoms with E-state index in [1.54, 1.807) is 11.8 Å². The van der Waals surface area contributed by atoms with Gasteiger partial charge in [-0.1, -0.05) is 0 Å². The second kappa shape index (κ2) is 6.16. The molecule has 4 atom stereocenters. The normalized spacial score (nSPS) is 30.0. The Labute approximate surface area is 151 Å². The third-order valence-electron chi connectivity index (χ3n) is 5.83. The summed E-state index contributed by atoms with van der Waals surface area (Å²) in [6, 6.07) is 0.484. The Morgan fingerprint density at radius 3 is 2.60 bits per heavy atom. The van der Waals surface area contributed by atoms with Crippen molar-refractivity contribution in [1.29, 1.82) is 0 Å². The summed E-state index contributed by atoms with van der Waals surface area (Å²) in [5.74, 6) is 2.87. The second-order valence-electron chi connectivity index (χ2n) is 7.19. The maximum atomic E-state index is 10.9. The van der Waals surface area contributed by atoms with Gasteiger partial charge in [0.2, 0.25) is 5.95 Å². The highest BCUT2D eigenvalue weighted by Crippen LogP contribution is 2.54. The molecule has 3 fully saturated rings. The molecule has 0 amide bonds. The zero-order chi connectivity index (χ0) is 17.7. The predicted octanol–water partition coefficient (Wildman–Crippen LogP) is 2.29. The van der Waals surface area contributed by atoms with Gasteiger partial charge >= 0.3 is 5.97 Å². The molecule has 0 spiro atoms. The van der Waals surface area contributed by atoms with Gasteiger partial charge in [0.15, 0.2) is 5.82 Å². The largest absolute Gasteiger partial charge is 0.481 e. The molecule has 4 rings (SSSR count). The van der Waals surface area contributed by atoms with Crippen LogP contribution in [0.2, 0.25) is 0 Å². The van der Waals surface area contributed by atoms with E-state index < -0.39 is 5.97 Å². The highest BCUT2D eigenvalue weighted by molar-refractivity contribution is 7.98. The molecule has 0 aromatic carbocycles. The van der Waals surface area contributed by atoms with E-state index in [0.29, 0.717) is 35.6 Å². The first-order valence-corrected chi connectivity index (χ1v) is 9.92. The molecule has 0 bridgehead atoms. The highest BCUT2D eigenvalue weighted by atomic mass is 32.2. The monoisotopic (exact) mass is 361 g/mol. The average molecular weight is 361 g/mol. The van der Waals surface area contributed by atoms with Crippen molar-refractivity contribution in [3.05, 3.63) is 0 Å². The van der Waals surface area contributed by atoms with Crippen molar-refractivity contribution in [3.8, 4) is 0 Å². The van der Waals surface area contributed by atoms with E-state index >= 15 is 0 Å². The number of aromatic nitrogens is 2. The number of rotatable bonds is 6. The van der Waals surface area contributed by atoms with Crippen molar-refractivity contribution in [2.24, 2.45) is 22.7 Å². The van der Waals surface area contributed by atoms with Crippen LogP contribution in [0.15, 0.2) is 9.89 Å². The van der Waals surface area contributed by atoms with Crippen LogP contribution in [0, 0.1) is 17.8 Å². The molecule has 8 heteroatoms. The summed E-state index contributed by atoms with van der Waals surface area (Å²) in [5, 5.41) is 8.98. The molecule has 1 aliphatic carbocycles. The lowest BCUT2D eigenvalue weighted by Crippen LogP contribution is -2.46. The van der Waals surface area contributed by atoms with Gasteiger partial charge in [-0.15, -0.1) is 11.8 Å². The van der Waals surface area contributed by atoms with Gasteiger partial charge in [0, 0.05) is 32.1 Å². The Kier molecular flexibility index (Phi) is 4.10. The second-order valence-corrected chi connectivity index (χ2v) is 8.00. The minimum atomic E-state index is -0.696. The Balaban J connectivity index is 1.58. The van der Waals surface area contributed by atoms with Gasteiger partial charge in [0.1, 0.15) is 5.82 Å². The summed E-state index contributed by atoms with van der Waals surface area (Å²) < 4.78 is 0.